The quantitative estimate of drug-likeness (QED) is 0.765. The van der Waals surface area contributed by atoms with Crippen LogP contribution in [0.5, 0.6) is 5.75 Å². The highest BCUT2D eigenvalue weighted by Crippen LogP contribution is 2.20. The Morgan fingerprint density at radius 1 is 1.22 bits per heavy atom. The highest BCUT2D eigenvalue weighted by Gasteiger charge is 2.09. The minimum absolute atomic E-state index is 0.137. The summed E-state index contributed by atoms with van der Waals surface area (Å²) < 4.78 is 5.13. The summed E-state index contributed by atoms with van der Waals surface area (Å²) in [5.41, 5.74) is 0.709. The Bertz CT molecular complexity index is 543. The number of ether oxygens (including phenoxy) is 1. The summed E-state index contributed by atoms with van der Waals surface area (Å²) in [6.45, 7) is 2.12. The lowest BCUT2D eigenvalue weighted by molar-refractivity contribution is 0.0993. The van der Waals surface area contributed by atoms with Crippen molar-refractivity contribution in [1.29, 1.82) is 0 Å². The molecule has 0 atom stereocenters. The first-order chi connectivity index (χ1) is 8.72. The predicted octanol–water partition coefficient (Wildman–Crippen LogP) is 3.74. The van der Waals surface area contributed by atoms with Crippen LogP contribution in [0.25, 0.3) is 0 Å². The van der Waals surface area contributed by atoms with Gasteiger partial charge in [0.15, 0.2) is 5.78 Å². The lowest BCUT2D eigenvalue weighted by Crippen LogP contribution is -2.02. The molecule has 18 heavy (non-hydrogen) atoms. The number of rotatable bonds is 5. The number of thiophene rings is 1. The summed E-state index contributed by atoms with van der Waals surface area (Å²) in [6, 6.07) is 11.4. The molecule has 2 nitrogen and oxygen atoms in total. The van der Waals surface area contributed by atoms with Crippen molar-refractivity contribution in [3.63, 3.8) is 0 Å². The fourth-order valence-electron chi connectivity index (χ4n) is 1.76. The highest BCUT2D eigenvalue weighted by atomic mass is 32.1. The molecule has 1 heterocycles. The van der Waals surface area contributed by atoms with Gasteiger partial charge in [-0.15, -0.1) is 11.3 Å². The molecule has 0 amide bonds. The van der Waals surface area contributed by atoms with E-state index < -0.39 is 0 Å². The van der Waals surface area contributed by atoms with E-state index in [4.69, 9.17) is 4.74 Å². The second-order valence-electron chi connectivity index (χ2n) is 4.05. The second-order valence-corrected chi connectivity index (χ2v) is 5.31. The fraction of sp³-hybridized carbons (Fsp3) is 0.267. The van der Waals surface area contributed by atoms with Crippen molar-refractivity contribution in [1.82, 2.24) is 0 Å². The van der Waals surface area contributed by atoms with Crippen LogP contribution in [-0.4, -0.2) is 12.9 Å². The van der Waals surface area contributed by atoms with Gasteiger partial charge in [0.2, 0.25) is 0 Å². The van der Waals surface area contributed by atoms with Gasteiger partial charge in [-0.25, -0.2) is 0 Å². The van der Waals surface area contributed by atoms with E-state index >= 15 is 0 Å². The number of hydrogen-bond donors (Lipinski definition) is 0. The van der Waals surface area contributed by atoms with E-state index in [2.05, 4.69) is 13.0 Å². The summed E-state index contributed by atoms with van der Waals surface area (Å²) in [6.07, 6.45) is 1.50. The van der Waals surface area contributed by atoms with Gasteiger partial charge in [-0.3, -0.25) is 4.79 Å². The predicted molar refractivity (Wildman–Crippen MR) is 74.7 cm³/mol. The Kier molecular flexibility index (Phi) is 4.15. The first kappa shape index (κ1) is 12.8. The zero-order valence-electron chi connectivity index (χ0n) is 10.6. The lowest BCUT2D eigenvalue weighted by Gasteiger charge is -2.02. The van der Waals surface area contributed by atoms with E-state index in [-0.39, 0.29) is 5.78 Å². The van der Waals surface area contributed by atoms with Gasteiger partial charge in [-0.2, -0.15) is 0 Å². The maximum Gasteiger partial charge on any atom is 0.168 e. The molecule has 94 valence electrons. The number of methoxy groups -OCH3 is 1. The molecule has 3 heteroatoms. The van der Waals surface area contributed by atoms with Gasteiger partial charge in [-0.1, -0.05) is 19.1 Å². The number of carbonyl (C=O) groups excluding carboxylic acids is 1. The minimum atomic E-state index is 0.137. The Balaban J connectivity index is 2.11. The van der Waals surface area contributed by atoms with E-state index in [1.54, 1.807) is 24.5 Å². The topological polar surface area (TPSA) is 26.3 Å². The number of hydrogen-bond acceptors (Lipinski definition) is 3. The maximum atomic E-state index is 12.1. The Labute approximate surface area is 111 Å². The molecular weight excluding hydrogens is 244 g/mol. The smallest absolute Gasteiger partial charge is 0.168 e. The monoisotopic (exact) mass is 260 g/mol. The summed E-state index contributed by atoms with van der Waals surface area (Å²) in [7, 11) is 1.61. The molecule has 0 N–H and O–H groups in total. The van der Waals surface area contributed by atoms with Crippen molar-refractivity contribution in [2.45, 2.75) is 19.8 Å². The number of ketones is 1. The van der Waals surface area contributed by atoms with Gasteiger partial charge in [0.1, 0.15) is 5.75 Å². The number of benzene rings is 1. The van der Waals surface area contributed by atoms with Crippen LogP contribution in [0.15, 0.2) is 36.4 Å². The third kappa shape index (κ3) is 2.99. The first-order valence-corrected chi connectivity index (χ1v) is 6.79. The summed E-state index contributed by atoms with van der Waals surface area (Å²) >= 11 is 1.71. The van der Waals surface area contributed by atoms with E-state index in [1.165, 1.54) is 4.88 Å². The van der Waals surface area contributed by atoms with E-state index in [9.17, 15) is 4.79 Å². The molecule has 0 saturated carbocycles. The molecule has 0 saturated heterocycles. The molecule has 0 spiro atoms. The first-order valence-electron chi connectivity index (χ1n) is 5.97. The van der Waals surface area contributed by atoms with Crippen molar-refractivity contribution >= 4 is 17.1 Å². The zero-order chi connectivity index (χ0) is 13.0. The zero-order valence-corrected chi connectivity index (χ0v) is 11.4. The standard InChI is InChI=1S/C15H16O2S/c1-3-13-7-8-14(18-13)10-15(16)11-5-4-6-12(9-11)17-2/h4-9H,3,10H2,1-2H3. The van der Waals surface area contributed by atoms with Gasteiger partial charge < -0.3 is 4.74 Å². The molecule has 2 aromatic rings. The van der Waals surface area contributed by atoms with Crippen LogP contribution in [0.1, 0.15) is 27.0 Å². The third-order valence-corrected chi connectivity index (χ3v) is 4.02. The highest BCUT2D eigenvalue weighted by molar-refractivity contribution is 7.12. The van der Waals surface area contributed by atoms with Crippen LogP contribution in [0.3, 0.4) is 0 Å². The Hall–Kier alpha value is -1.61. The SMILES string of the molecule is CCc1ccc(CC(=O)c2cccc(OC)c2)s1. The molecule has 0 aliphatic heterocycles. The molecule has 0 radical (unpaired) electrons. The molecule has 0 aliphatic rings. The molecule has 0 bridgehead atoms. The van der Waals surface area contributed by atoms with Crippen LogP contribution in [-0.2, 0) is 12.8 Å². The van der Waals surface area contributed by atoms with E-state index in [1.807, 2.05) is 24.3 Å². The lowest BCUT2D eigenvalue weighted by atomic mass is 10.1. The molecule has 1 aromatic carbocycles. The largest absolute Gasteiger partial charge is 0.497 e. The Morgan fingerprint density at radius 3 is 2.67 bits per heavy atom. The minimum Gasteiger partial charge on any atom is -0.497 e. The summed E-state index contributed by atoms with van der Waals surface area (Å²) in [5, 5.41) is 0. The average Bonchev–Trinajstić information content (AvgIpc) is 2.86. The number of aryl methyl sites for hydroxylation is 1. The van der Waals surface area contributed by atoms with Gasteiger partial charge >= 0.3 is 0 Å². The Morgan fingerprint density at radius 2 is 2.00 bits per heavy atom. The van der Waals surface area contributed by atoms with Crippen molar-refractivity contribution in [2.24, 2.45) is 0 Å². The van der Waals surface area contributed by atoms with Crippen LogP contribution in [0, 0.1) is 0 Å². The van der Waals surface area contributed by atoms with Crippen molar-refractivity contribution in [3.8, 4) is 5.75 Å². The van der Waals surface area contributed by atoms with Gasteiger partial charge in [0, 0.05) is 21.7 Å². The van der Waals surface area contributed by atoms with Crippen LogP contribution in [0.4, 0.5) is 0 Å². The number of Topliss-reactive ketones (excluding diaryl/α,β-unsaturated/α-hetero) is 1. The van der Waals surface area contributed by atoms with Crippen molar-refractivity contribution in [2.75, 3.05) is 7.11 Å². The molecule has 2 rings (SSSR count). The van der Waals surface area contributed by atoms with Crippen molar-refractivity contribution < 1.29 is 9.53 Å². The summed E-state index contributed by atoms with van der Waals surface area (Å²) in [5.74, 6) is 0.861. The van der Waals surface area contributed by atoms with Crippen LogP contribution < -0.4 is 4.74 Å². The molecule has 0 unspecified atom stereocenters. The third-order valence-electron chi connectivity index (χ3n) is 2.79. The van der Waals surface area contributed by atoms with Gasteiger partial charge in [-0.05, 0) is 30.7 Å². The molecular formula is C15H16O2S. The second kappa shape index (κ2) is 5.83. The van der Waals surface area contributed by atoms with Crippen LogP contribution in [0.2, 0.25) is 0 Å². The van der Waals surface area contributed by atoms with E-state index in [0.717, 1.165) is 17.0 Å². The average molecular weight is 260 g/mol. The van der Waals surface area contributed by atoms with E-state index in [0.29, 0.717) is 12.0 Å². The van der Waals surface area contributed by atoms with Crippen molar-refractivity contribution in [3.05, 3.63) is 51.7 Å². The van der Waals surface area contributed by atoms with Gasteiger partial charge in [0.25, 0.3) is 0 Å². The fourth-order valence-corrected chi connectivity index (χ4v) is 2.72. The number of carbonyl (C=O) groups is 1. The molecule has 1 aromatic heterocycles. The summed E-state index contributed by atoms with van der Waals surface area (Å²) in [4.78, 5) is 14.6. The van der Waals surface area contributed by atoms with Crippen LogP contribution >= 0.6 is 11.3 Å². The maximum absolute atomic E-state index is 12.1. The normalized spacial score (nSPS) is 10.3. The molecule has 0 fully saturated rings. The molecule has 0 aliphatic carbocycles. The van der Waals surface area contributed by atoms with Gasteiger partial charge in [0.05, 0.1) is 7.11 Å².